The summed E-state index contributed by atoms with van der Waals surface area (Å²) in [5.41, 5.74) is 0. The van der Waals surface area contributed by atoms with Gasteiger partial charge in [-0.25, -0.2) is 8.42 Å². The van der Waals surface area contributed by atoms with Crippen LogP contribution in [-0.4, -0.2) is 63.1 Å². The SMILES string of the molecule is O=S(=O)(c1ccccc1Br)N1CCCN(C2CCOC2)CC1. The summed E-state index contributed by atoms with van der Waals surface area (Å²) in [6, 6.07) is 7.47. The van der Waals surface area contributed by atoms with Gasteiger partial charge in [-0.1, -0.05) is 12.1 Å². The quantitative estimate of drug-likeness (QED) is 0.793. The first-order chi connectivity index (χ1) is 10.6. The summed E-state index contributed by atoms with van der Waals surface area (Å²) in [5, 5.41) is 0. The molecule has 2 fully saturated rings. The van der Waals surface area contributed by atoms with Crippen LogP contribution in [0.5, 0.6) is 0 Å². The third-order valence-electron chi connectivity index (χ3n) is 4.37. The molecule has 5 nitrogen and oxygen atoms in total. The van der Waals surface area contributed by atoms with Gasteiger partial charge in [0.15, 0.2) is 0 Å². The zero-order chi connectivity index (χ0) is 15.6. The minimum atomic E-state index is -3.43. The lowest BCUT2D eigenvalue weighted by Gasteiger charge is -2.26. The van der Waals surface area contributed by atoms with Crippen molar-refractivity contribution in [1.29, 1.82) is 0 Å². The zero-order valence-corrected chi connectivity index (χ0v) is 14.9. The van der Waals surface area contributed by atoms with Crippen molar-refractivity contribution in [1.82, 2.24) is 9.21 Å². The summed E-state index contributed by atoms with van der Waals surface area (Å²) in [6.07, 6.45) is 1.91. The summed E-state index contributed by atoms with van der Waals surface area (Å²) in [4.78, 5) is 2.73. The van der Waals surface area contributed by atoms with Crippen molar-refractivity contribution >= 4 is 26.0 Å². The van der Waals surface area contributed by atoms with Gasteiger partial charge in [0.1, 0.15) is 0 Å². The van der Waals surface area contributed by atoms with E-state index in [0.29, 0.717) is 28.5 Å². The van der Waals surface area contributed by atoms with Gasteiger partial charge in [-0.3, -0.25) is 4.90 Å². The summed E-state index contributed by atoms with van der Waals surface area (Å²) in [7, 11) is -3.43. The van der Waals surface area contributed by atoms with E-state index in [4.69, 9.17) is 4.74 Å². The predicted molar refractivity (Wildman–Crippen MR) is 88.3 cm³/mol. The molecule has 0 amide bonds. The molecule has 0 radical (unpaired) electrons. The Balaban J connectivity index is 1.74. The van der Waals surface area contributed by atoms with Crippen LogP contribution in [0.2, 0.25) is 0 Å². The lowest BCUT2D eigenvalue weighted by atomic mass is 10.2. The van der Waals surface area contributed by atoms with Crippen LogP contribution in [0.1, 0.15) is 12.8 Å². The summed E-state index contributed by atoms with van der Waals surface area (Å²) < 4.78 is 33.4. The Morgan fingerprint density at radius 2 is 1.95 bits per heavy atom. The van der Waals surface area contributed by atoms with E-state index >= 15 is 0 Å². The van der Waals surface area contributed by atoms with Gasteiger partial charge in [0, 0.05) is 36.8 Å². The molecule has 1 aromatic carbocycles. The van der Waals surface area contributed by atoms with Crippen LogP contribution in [0.15, 0.2) is 33.6 Å². The van der Waals surface area contributed by atoms with Crippen molar-refractivity contribution in [3.63, 3.8) is 0 Å². The van der Waals surface area contributed by atoms with E-state index in [1.165, 1.54) is 0 Å². The minimum Gasteiger partial charge on any atom is -0.380 e. The van der Waals surface area contributed by atoms with Gasteiger partial charge >= 0.3 is 0 Å². The van der Waals surface area contributed by atoms with Crippen LogP contribution in [0.25, 0.3) is 0 Å². The van der Waals surface area contributed by atoms with Gasteiger partial charge < -0.3 is 4.74 Å². The number of hydrogen-bond acceptors (Lipinski definition) is 4. The van der Waals surface area contributed by atoms with E-state index in [2.05, 4.69) is 20.8 Å². The monoisotopic (exact) mass is 388 g/mol. The predicted octanol–water partition coefficient (Wildman–Crippen LogP) is 1.93. The van der Waals surface area contributed by atoms with Crippen LogP contribution in [0.4, 0.5) is 0 Å². The average Bonchev–Trinajstić information content (AvgIpc) is 2.91. The highest BCUT2D eigenvalue weighted by atomic mass is 79.9. The van der Waals surface area contributed by atoms with Crippen LogP contribution in [0.3, 0.4) is 0 Å². The van der Waals surface area contributed by atoms with Crippen LogP contribution >= 0.6 is 15.9 Å². The minimum absolute atomic E-state index is 0.354. The number of nitrogens with zero attached hydrogens (tertiary/aromatic N) is 2. The Kier molecular flexibility index (Phi) is 5.19. The molecular weight excluding hydrogens is 368 g/mol. The van der Waals surface area contributed by atoms with Crippen molar-refractivity contribution < 1.29 is 13.2 Å². The second-order valence-electron chi connectivity index (χ2n) is 5.74. The zero-order valence-electron chi connectivity index (χ0n) is 12.4. The summed E-state index contributed by atoms with van der Waals surface area (Å²) in [5.74, 6) is 0. The number of rotatable bonds is 3. The van der Waals surface area contributed by atoms with Gasteiger partial charge in [0.25, 0.3) is 0 Å². The first kappa shape index (κ1) is 16.4. The maximum atomic E-state index is 12.8. The highest BCUT2D eigenvalue weighted by Gasteiger charge is 2.31. The van der Waals surface area contributed by atoms with Crippen molar-refractivity contribution in [2.75, 3.05) is 39.4 Å². The van der Waals surface area contributed by atoms with Crippen molar-refractivity contribution in [2.45, 2.75) is 23.8 Å². The maximum Gasteiger partial charge on any atom is 0.244 e. The Labute approximate surface area is 140 Å². The van der Waals surface area contributed by atoms with Crippen molar-refractivity contribution in [3.8, 4) is 0 Å². The first-order valence-corrected chi connectivity index (χ1v) is 9.89. The standard InChI is InChI=1S/C15H21BrN2O3S/c16-14-4-1-2-5-15(14)22(19,20)18-8-3-7-17(9-10-18)13-6-11-21-12-13/h1-2,4-5,13H,3,6-12H2. The van der Waals surface area contributed by atoms with Crippen molar-refractivity contribution in [3.05, 3.63) is 28.7 Å². The Morgan fingerprint density at radius 1 is 1.14 bits per heavy atom. The third-order valence-corrected chi connectivity index (χ3v) is 7.28. The molecule has 1 unspecified atom stereocenters. The smallest absolute Gasteiger partial charge is 0.244 e. The largest absolute Gasteiger partial charge is 0.380 e. The molecule has 122 valence electrons. The fourth-order valence-corrected chi connectivity index (χ4v) is 5.56. The lowest BCUT2D eigenvalue weighted by molar-refractivity contribution is 0.147. The molecule has 2 aliphatic heterocycles. The molecule has 22 heavy (non-hydrogen) atoms. The molecule has 0 aromatic heterocycles. The number of ether oxygens (including phenoxy) is 1. The lowest BCUT2D eigenvalue weighted by Crippen LogP contribution is -2.39. The van der Waals surface area contributed by atoms with Gasteiger partial charge in [-0.05, 0) is 47.4 Å². The number of benzene rings is 1. The summed E-state index contributed by atoms with van der Waals surface area (Å²) >= 11 is 3.35. The van der Waals surface area contributed by atoms with E-state index < -0.39 is 10.0 Å². The van der Waals surface area contributed by atoms with E-state index in [1.54, 1.807) is 22.5 Å². The number of halogens is 1. The molecular formula is C15H21BrN2O3S. The molecule has 1 aromatic rings. The fraction of sp³-hybridized carbons (Fsp3) is 0.600. The number of hydrogen-bond donors (Lipinski definition) is 0. The number of sulfonamides is 1. The van der Waals surface area contributed by atoms with Crippen LogP contribution in [-0.2, 0) is 14.8 Å². The molecule has 2 heterocycles. The van der Waals surface area contributed by atoms with Gasteiger partial charge in [-0.15, -0.1) is 0 Å². The molecule has 0 bridgehead atoms. The topological polar surface area (TPSA) is 49.9 Å². The molecule has 2 saturated heterocycles. The van der Waals surface area contributed by atoms with E-state index in [-0.39, 0.29) is 0 Å². The average molecular weight is 389 g/mol. The highest BCUT2D eigenvalue weighted by Crippen LogP contribution is 2.26. The normalized spacial score (nSPS) is 25.2. The molecule has 0 spiro atoms. The highest BCUT2D eigenvalue weighted by molar-refractivity contribution is 9.10. The molecule has 1 atom stereocenters. The molecule has 3 rings (SSSR count). The molecule has 0 aliphatic carbocycles. The van der Waals surface area contributed by atoms with Gasteiger partial charge in [0.2, 0.25) is 10.0 Å². The Hall–Kier alpha value is -0.470. The third kappa shape index (κ3) is 3.38. The molecule has 2 aliphatic rings. The maximum absolute atomic E-state index is 12.8. The van der Waals surface area contributed by atoms with Crippen molar-refractivity contribution in [2.24, 2.45) is 0 Å². The Morgan fingerprint density at radius 3 is 2.68 bits per heavy atom. The van der Waals surface area contributed by atoms with E-state index in [1.807, 2.05) is 6.07 Å². The molecule has 0 N–H and O–H groups in total. The van der Waals surface area contributed by atoms with Gasteiger partial charge in [-0.2, -0.15) is 4.31 Å². The second kappa shape index (κ2) is 6.97. The second-order valence-corrected chi connectivity index (χ2v) is 8.50. The van der Waals surface area contributed by atoms with Crippen LogP contribution in [0, 0.1) is 0 Å². The van der Waals surface area contributed by atoms with E-state index in [9.17, 15) is 8.42 Å². The molecule has 7 heteroatoms. The van der Waals surface area contributed by atoms with Gasteiger partial charge in [0.05, 0.1) is 11.5 Å². The summed E-state index contributed by atoms with van der Waals surface area (Å²) in [6.45, 7) is 4.43. The molecule has 0 saturated carbocycles. The Bertz CT molecular complexity index is 617. The first-order valence-electron chi connectivity index (χ1n) is 7.65. The van der Waals surface area contributed by atoms with E-state index in [0.717, 1.165) is 39.1 Å². The fourth-order valence-electron chi connectivity index (χ4n) is 3.12. The van der Waals surface area contributed by atoms with Crippen LogP contribution < -0.4 is 0 Å².